The lowest BCUT2D eigenvalue weighted by Gasteiger charge is -2.26. The minimum absolute atomic E-state index is 0.0378. The van der Waals surface area contributed by atoms with Gasteiger partial charge in [-0.2, -0.15) is 0 Å². The van der Waals surface area contributed by atoms with Crippen molar-refractivity contribution in [3.8, 4) is 0 Å². The van der Waals surface area contributed by atoms with Crippen LogP contribution in [0.2, 0.25) is 0 Å². The zero-order valence-electron chi connectivity index (χ0n) is 16.0. The van der Waals surface area contributed by atoms with Crippen molar-refractivity contribution in [2.24, 2.45) is 5.73 Å². The van der Waals surface area contributed by atoms with E-state index in [1.807, 2.05) is 6.92 Å². The normalized spacial score (nSPS) is 13.4. The molecule has 0 rings (SSSR count). The van der Waals surface area contributed by atoms with Gasteiger partial charge in [0.2, 0.25) is 0 Å². The van der Waals surface area contributed by atoms with E-state index in [-0.39, 0.29) is 25.2 Å². The summed E-state index contributed by atoms with van der Waals surface area (Å²) in [6.07, 6.45) is -1.01. The summed E-state index contributed by atoms with van der Waals surface area (Å²) in [5.74, 6) is 0. The number of nitrogens with one attached hydrogen (secondary N) is 3. The first kappa shape index (κ1) is 22.5. The fourth-order valence-electron chi connectivity index (χ4n) is 1.70. The van der Waals surface area contributed by atoms with Gasteiger partial charge in [0.15, 0.2) is 0 Å². The SMILES string of the molecule is CC(CN)NC(CNC(=O)OC(C)(C)C)CNC(=O)OC(C)(C)C. The second-order valence-corrected chi connectivity index (χ2v) is 7.77. The van der Waals surface area contributed by atoms with Crippen molar-refractivity contribution in [3.63, 3.8) is 0 Å². The van der Waals surface area contributed by atoms with Crippen LogP contribution in [0.3, 0.4) is 0 Å². The standard InChI is InChI=1S/C16H34N4O4/c1-11(8-17)20-12(9-18-13(21)23-15(2,3)4)10-19-14(22)24-16(5,6)7/h11-12,20H,8-10,17H2,1-7H3,(H,18,21)(H,19,22). The molecule has 8 heteroatoms. The van der Waals surface area contributed by atoms with Gasteiger partial charge >= 0.3 is 12.2 Å². The number of nitrogens with two attached hydrogens (primary N) is 1. The number of ether oxygens (including phenoxy) is 2. The minimum Gasteiger partial charge on any atom is -0.444 e. The highest BCUT2D eigenvalue weighted by Gasteiger charge is 2.20. The summed E-state index contributed by atoms with van der Waals surface area (Å²) in [5, 5.41) is 8.61. The fraction of sp³-hybridized carbons (Fsp3) is 0.875. The van der Waals surface area contributed by atoms with Crippen LogP contribution in [0.5, 0.6) is 0 Å². The molecule has 0 saturated carbocycles. The highest BCUT2D eigenvalue weighted by atomic mass is 16.6. The van der Waals surface area contributed by atoms with Crippen LogP contribution in [0.15, 0.2) is 0 Å². The molecule has 0 aromatic carbocycles. The Hall–Kier alpha value is -1.54. The van der Waals surface area contributed by atoms with E-state index in [0.29, 0.717) is 6.54 Å². The molecule has 2 amide bonds. The van der Waals surface area contributed by atoms with Crippen LogP contribution in [-0.4, -0.2) is 55.1 Å². The van der Waals surface area contributed by atoms with Gasteiger partial charge in [-0.05, 0) is 48.5 Å². The number of carbonyl (C=O) groups is 2. The molecule has 1 atom stereocenters. The Kier molecular flexibility index (Phi) is 9.06. The van der Waals surface area contributed by atoms with Gasteiger partial charge in [0.05, 0.1) is 0 Å². The smallest absolute Gasteiger partial charge is 0.407 e. The number of hydrogen-bond donors (Lipinski definition) is 4. The molecular weight excluding hydrogens is 312 g/mol. The lowest BCUT2D eigenvalue weighted by Crippen LogP contribution is -2.52. The topological polar surface area (TPSA) is 115 Å². The summed E-state index contributed by atoms with van der Waals surface area (Å²) in [7, 11) is 0. The number of rotatable bonds is 7. The Balaban J connectivity index is 4.48. The quantitative estimate of drug-likeness (QED) is 0.553. The van der Waals surface area contributed by atoms with Gasteiger partial charge in [-0.3, -0.25) is 0 Å². The molecule has 0 aromatic heterocycles. The molecule has 0 heterocycles. The van der Waals surface area contributed by atoms with Crippen LogP contribution in [0.1, 0.15) is 48.5 Å². The molecule has 0 aliphatic carbocycles. The lowest BCUT2D eigenvalue weighted by atomic mass is 10.2. The average Bonchev–Trinajstić information content (AvgIpc) is 2.37. The highest BCUT2D eigenvalue weighted by Crippen LogP contribution is 2.07. The predicted molar refractivity (Wildman–Crippen MR) is 93.9 cm³/mol. The van der Waals surface area contributed by atoms with E-state index in [2.05, 4.69) is 16.0 Å². The Morgan fingerprint density at radius 2 is 1.29 bits per heavy atom. The van der Waals surface area contributed by atoms with E-state index < -0.39 is 23.4 Å². The maximum Gasteiger partial charge on any atom is 0.407 e. The molecule has 142 valence electrons. The first-order chi connectivity index (χ1) is 10.8. The van der Waals surface area contributed by atoms with Crippen molar-refractivity contribution in [3.05, 3.63) is 0 Å². The lowest BCUT2D eigenvalue weighted by molar-refractivity contribution is 0.0514. The van der Waals surface area contributed by atoms with E-state index in [0.717, 1.165) is 0 Å². The third-order valence-corrected chi connectivity index (χ3v) is 2.66. The molecule has 0 saturated heterocycles. The fourth-order valence-corrected chi connectivity index (χ4v) is 1.70. The zero-order valence-corrected chi connectivity index (χ0v) is 16.0. The van der Waals surface area contributed by atoms with Crippen LogP contribution in [-0.2, 0) is 9.47 Å². The molecule has 0 aliphatic heterocycles. The average molecular weight is 346 g/mol. The van der Waals surface area contributed by atoms with Gasteiger partial charge in [-0.1, -0.05) is 0 Å². The summed E-state index contributed by atoms with van der Waals surface area (Å²) >= 11 is 0. The largest absolute Gasteiger partial charge is 0.444 e. The Morgan fingerprint density at radius 1 is 0.917 bits per heavy atom. The third-order valence-electron chi connectivity index (χ3n) is 2.66. The molecule has 0 spiro atoms. The van der Waals surface area contributed by atoms with Gasteiger partial charge in [0, 0.05) is 31.7 Å². The number of hydrogen-bond acceptors (Lipinski definition) is 6. The number of amides is 2. The molecule has 1 unspecified atom stereocenters. The maximum atomic E-state index is 11.7. The van der Waals surface area contributed by atoms with Crippen molar-refractivity contribution in [1.82, 2.24) is 16.0 Å². The summed E-state index contributed by atoms with van der Waals surface area (Å²) in [4.78, 5) is 23.5. The third kappa shape index (κ3) is 13.0. The minimum atomic E-state index is -0.563. The Labute approximate surface area is 145 Å². The van der Waals surface area contributed by atoms with Gasteiger partial charge in [0.25, 0.3) is 0 Å². The second-order valence-electron chi connectivity index (χ2n) is 7.77. The summed E-state index contributed by atoms with van der Waals surface area (Å²) in [6.45, 7) is 13.7. The predicted octanol–water partition coefficient (Wildman–Crippen LogP) is 1.34. The van der Waals surface area contributed by atoms with Crippen LogP contribution >= 0.6 is 0 Å². The molecule has 0 aromatic rings. The van der Waals surface area contributed by atoms with Crippen LogP contribution in [0, 0.1) is 0 Å². The van der Waals surface area contributed by atoms with Gasteiger partial charge in [-0.25, -0.2) is 9.59 Å². The van der Waals surface area contributed by atoms with E-state index >= 15 is 0 Å². The summed E-state index contributed by atoms with van der Waals surface area (Å²) < 4.78 is 10.4. The maximum absolute atomic E-state index is 11.7. The second kappa shape index (κ2) is 9.68. The van der Waals surface area contributed by atoms with E-state index in [4.69, 9.17) is 15.2 Å². The van der Waals surface area contributed by atoms with Crippen molar-refractivity contribution < 1.29 is 19.1 Å². The highest BCUT2D eigenvalue weighted by molar-refractivity contribution is 5.68. The van der Waals surface area contributed by atoms with Gasteiger partial charge in [0.1, 0.15) is 11.2 Å². The zero-order chi connectivity index (χ0) is 19.0. The monoisotopic (exact) mass is 346 g/mol. The van der Waals surface area contributed by atoms with Gasteiger partial charge in [-0.15, -0.1) is 0 Å². The Bertz CT molecular complexity index is 370. The molecule has 24 heavy (non-hydrogen) atoms. The van der Waals surface area contributed by atoms with E-state index in [1.165, 1.54) is 0 Å². The van der Waals surface area contributed by atoms with Crippen molar-refractivity contribution in [2.75, 3.05) is 19.6 Å². The van der Waals surface area contributed by atoms with Crippen molar-refractivity contribution in [1.29, 1.82) is 0 Å². The molecule has 0 aliphatic rings. The molecule has 0 fully saturated rings. The Morgan fingerprint density at radius 3 is 1.58 bits per heavy atom. The van der Waals surface area contributed by atoms with Crippen LogP contribution in [0.25, 0.3) is 0 Å². The summed E-state index contributed by atoms with van der Waals surface area (Å²) in [6, 6.07) is -0.167. The van der Waals surface area contributed by atoms with Crippen molar-refractivity contribution >= 4 is 12.2 Å². The van der Waals surface area contributed by atoms with Gasteiger partial charge < -0.3 is 31.2 Å². The first-order valence-electron chi connectivity index (χ1n) is 8.22. The molecule has 8 nitrogen and oxygen atoms in total. The molecule has 5 N–H and O–H groups in total. The molecule has 0 bridgehead atoms. The van der Waals surface area contributed by atoms with E-state index in [9.17, 15) is 9.59 Å². The van der Waals surface area contributed by atoms with Crippen molar-refractivity contribution in [2.45, 2.75) is 71.8 Å². The number of alkyl carbamates (subject to hydrolysis) is 2. The molecule has 0 radical (unpaired) electrons. The van der Waals surface area contributed by atoms with Crippen LogP contribution < -0.4 is 21.7 Å². The van der Waals surface area contributed by atoms with Crippen LogP contribution in [0.4, 0.5) is 9.59 Å². The van der Waals surface area contributed by atoms with E-state index in [1.54, 1.807) is 41.5 Å². The number of carbonyl (C=O) groups excluding carboxylic acids is 2. The molecular formula is C16H34N4O4. The first-order valence-corrected chi connectivity index (χ1v) is 8.22. The summed E-state index contributed by atoms with van der Waals surface area (Å²) in [5.41, 5.74) is 4.49.